The van der Waals surface area contributed by atoms with Crippen LogP contribution in [0.4, 0.5) is 11.4 Å². The molecule has 0 bridgehead atoms. The van der Waals surface area contributed by atoms with E-state index in [4.69, 9.17) is 10.8 Å². The highest BCUT2D eigenvalue weighted by atomic mass is 16.3. The van der Waals surface area contributed by atoms with Crippen LogP contribution in [0.3, 0.4) is 0 Å². The maximum absolute atomic E-state index is 12.1. The van der Waals surface area contributed by atoms with E-state index in [1.807, 2.05) is 0 Å². The van der Waals surface area contributed by atoms with Crippen LogP contribution in [-0.4, -0.2) is 21.2 Å². The lowest BCUT2D eigenvalue weighted by Gasteiger charge is -2.04. The van der Waals surface area contributed by atoms with Crippen LogP contribution in [0.25, 0.3) is 0 Å². The van der Waals surface area contributed by atoms with E-state index in [1.54, 1.807) is 24.3 Å². The van der Waals surface area contributed by atoms with Gasteiger partial charge >= 0.3 is 0 Å². The molecule has 0 spiro atoms. The largest absolute Gasteiger partial charge is 0.395 e. The van der Waals surface area contributed by atoms with Crippen molar-refractivity contribution in [1.29, 1.82) is 0 Å². The Morgan fingerprint density at radius 3 is 2.70 bits per heavy atom. The number of carbonyl (C=O) groups is 1. The second-order valence-corrected chi connectivity index (χ2v) is 4.98. The van der Waals surface area contributed by atoms with Crippen molar-refractivity contribution in [3.05, 3.63) is 41.2 Å². The normalized spacial score (nSPS) is 14.2. The van der Waals surface area contributed by atoms with Crippen molar-refractivity contribution in [2.24, 2.45) is 0 Å². The molecule has 1 aromatic heterocycles. The lowest BCUT2D eigenvalue weighted by molar-refractivity contribution is 0.102. The Kier molecular flexibility index (Phi) is 3.15. The number of aromatic nitrogens is 2. The van der Waals surface area contributed by atoms with Crippen LogP contribution >= 0.6 is 0 Å². The number of H-pyrrole nitrogens is 1. The van der Waals surface area contributed by atoms with Gasteiger partial charge in [0.2, 0.25) is 0 Å². The van der Waals surface area contributed by atoms with Gasteiger partial charge in [-0.1, -0.05) is 12.1 Å². The van der Waals surface area contributed by atoms with Crippen molar-refractivity contribution in [1.82, 2.24) is 10.2 Å². The zero-order valence-electron chi connectivity index (χ0n) is 10.9. The molecule has 1 fully saturated rings. The van der Waals surface area contributed by atoms with Crippen LogP contribution in [-0.2, 0) is 6.61 Å². The number of nitrogens with two attached hydrogens (primary N) is 1. The molecular formula is C14H16N4O2. The second-order valence-electron chi connectivity index (χ2n) is 4.98. The van der Waals surface area contributed by atoms with E-state index in [1.165, 1.54) is 0 Å². The Labute approximate surface area is 116 Å². The van der Waals surface area contributed by atoms with Crippen molar-refractivity contribution < 1.29 is 9.90 Å². The van der Waals surface area contributed by atoms with E-state index in [-0.39, 0.29) is 18.2 Å². The maximum Gasteiger partial charge on any atom is 0.278 e. The zero-order chi connectivity index (χ0) is 14.1. The van der Waals surface area contributed by atoms with Crippen molar-refractivity contribution in [2.45, 2.75) is 25.4 Å². The van der Waals surface area contributed by atoms with Crippen LogP contribution in [0, 0.1) is 0 Å². The first-order chi connectivity index (χ1) is 9.69. The minimum absolute atomic E-state index is 0.0225. The highest BCUT2D eigenvalue weighted by Gasteiger charge is 2.30. The van der Waals surface area contributed by atoms with Gasteiger partial charge in [0, 0.05) is 11.6 Å². The van der Waals surface area contributed by atoms with Crippen molar-refractivity contribution in [2.75, 3.05) is 11.1 Å². The average Bonchev–Trinajstić information content (AvgIpc) is 3.22. The Morgan fingerprint density at radius 1 is 1.40 bits per heavy atom. The molecule has 0 radical (unpaired) electrons. The van der Waals surface area contributed by atoms with E-state index >= 15 is 0 Å². The number of hydrogen-bond acceptors (Lipinski definition) is 4. The molecule has 6 nitrogen and oxygen atoms in total. The van der Waals surface area contributed by atoms with Crippen LogP contribution in [0.1, 0.15) is 40.5 Å². The highest BCUT2D eigenvalue weighted by Crippen LogP contribution is 2.42. The molecule has 1 aliphatic rings. The summed E-state index contributed by atoms with van der Waals surface area (Å²) in [4.78, 5) is 12.1. The molecule has 20 heavy (non-hydrogen) atoms. The standard InChI is InChI=1S/C14H16N4O2/c15-11-12(9-3-4-9)17-18-13(11)14(20)16-10-5-1-8(7-19)2-6-10/h1-2,5-6,9,19H,3-4,7,15H2,(H,16,20)(H,17,18). The molecule has 0 aliphatic heterocycles. The Balaban J connectivity index is 1.75. The third-order valence-electron chi connectivity index (χ3n) is 3.43. The summed E-state index contributed by atoms with van der Waals surface area (Å²) in [7, 11) is 0. The van der Waals surface area contributed by atoms with Crippen molar-refractivity contribution in [3.63, 3.8) is 0 Å². The fourth-order valence-electron chi connectivity index (χ4n) is 2.10. The number of nitrogen functional groups attached to an aromatic ring is 1. The van der Waals surface area contributed by atoms with Gasteiger partial charge in [0.25, 0.3) is 5.91 Å². The van der Waals surface area contributed by atoms with Crippen LogP contribution in [0.15, 0.2) is 24.3 Å². The number of hydrogen-bond donors (Lipinski definition) is 4. The number of anilines is 2. The molecule has 1 amide bonds. The minimum atomic E-state index is -0.331. The summed E-state index contributed by atoms with van der Waals surface area (Å²) >= 11 is 0. The molecule has 2 aromatic rings. The number of aliphatic hydroxyl groups excluding tert-OH is 1. The molecule has 0 atom stereocenters. The van der Waals surface area contributed by atoms with Gasteiger partial charge < -0.3 is 16.2 Å². The van der Waals surface area contributed by atoms with E-state index < -0.39 is 0 Å². The van der Waals surface area contributed by atoms with Gasteiger partial charge in [-0.2, -0.15) is 5.10 Å². The molecule has 104 valence electrons. The number of carbonyl (C=O) groups excluding carboxylic acids is 1. The van der Waals surface area contributed by atoms with Gasteiger partial charge in [0.15, 0.2) is 5.69 Å². The number of nitrogens with one attached hydrogen (secondary N) is 2. The van der Waals surface area contributed by atoms with E-state index in [2.05, 4.69) is 15.5 Å². The lowest BCUT2D eigenvalue weighted by atomic mass is 10.2. The van der Waals surface area contributed by atoms with Gasteiger partial charge in [0.05, 0.1) is 18.0 Å². The highest BCUT2D eigenvalue weighted by molar-refractivity contribution is 6.06. The molecule has 1 aliphatic carbocycles. The maximum atomic E-state index is 12.1. The van der Waals surface area contributed by atoms with Crippen LogP contribution in [0.5, 0.6) is 0 Å². The van der Waals surface area contributed by atoms with Crippen LogP contribution in [0.2, 0.25) is 0 Å². The quantitative estimate of drug-likeness (QED) is 0.678. The number of rotatable bonds is 4. The third kappa shape index (κ3) is 2.37. The summed E-state index contributed by atoms with van der Waals surface area (Å²) in [5.74, 6) is 0.0929. The smallest absolute Gasteiger partial charge is 0.278 e. The van der Waals surface area contributed by atoms with E-state index in [9.17, 15) is 4.79 Å². The molecule has 6 heteroatoms. The molecule has 5 N–H and O–H groups in total. The predicted molar refractivity (Wildman–Crippen MR) is 75.3 cm³/mol. The van der Waals surface area contributed by atoms with E-state index in [0.717, 1.165) is 24.1 Å². The summed E-state index contributed by atoms with van der Waals surface area (Å²) in [6, 6.07) is 6.96. The number of benzene rings is 1. The number of aromatic amines is 1. The number of nitrogens with zero attached hydrogens (tertiary/aromatic N) is 1. The first kappa shape index (κ1) is 12.7. The second kappa shape index (κ2) is 4.97. The molecule has 3 rings (SSSR count). The number of amides is 1. The topological polar surface area (TPSA) is 104 Å². The molecule has 0 unspecified atom stereocenters. The summed E-state index contributed by atoms with van der Waals surface area (Å²) < 4.78 is 0. The first-order valence-electron chi connectivity index (χ1n) is 6.54. The summed E-state index contributed by atoms with van der Waals surface area (Å²) in [6.07, 6.45) is 2.19. The summed E-state index contributed by atoms with van der Waals surface area (Å²) in [5.41, 5.74) is 8.93. The van der Waals surface area contributed by atoms with Crippen LogP contribution < -0.4 is 11.1 Å². The fraction of sp³-hybridized carbons (Fsp3) is 0.286. The van der Waals surface area contributed by atoms with Crippen molar-refractivity contribution >= 4 is 17.3 Å². The SMILES string of the molecule is Nc1c(C(=O)Nc2ccc(CO)cc2)n[nH]c1C1CC1. The van der Waals surface area contributed by atoms with Gasteiger partial charge in [0.1, 0.15) is 0 Å². The van der Waals surface area contributed by atoms with Gasteiger partial charge in [-0.25, -0.2) is 0 Å². The zero-order valence-corrected chi connectivity index (χ0v) is 10.9. The Morgan fingerprint density at radius 2 is 2.10 bits per heavy atom. The van der Waals surface area contributed by atoms with Gasteiger partial charge in [-0.15, -0.1) is 0 Å². The Bertz CT molecular complexity index is 629. The molecule has 1 saturated carbocycles. The average molecular weight is 272 g/mol. The fourth-order valence-corrected chi connectivity index (χ4v) is 2.10. The minimum Gasteiger partial charge on any atom is -0.395 e. The first-order valence-corrected chi connectivity index (χ1v) is 6.54. The number of aliphatic hydroxyl groups is 1. The van der Waals surface area contributed by atoms with E-state index in [0.29, 0.717) is 17.3 Å². The monoisotopic (exact) mass is 272 g/mol. The van der Waals surface area contributed by atoms with Gasteiger partial charge in [-0.3, -0.25) is 9.89 Å². The van der Waals surface area contributed by atoms with Crippen molar-refractivity contribution in [3.8, 4) is 0 Å². The lowest BCUT2D eigenvalue weighted by Crippen LogP contribution is -2.14. The third-order valence-corrected chi connectivity index (χ3v) is 3.43. The summed E-state index contributed by atoms with van der Waals surface area (Å²) in [5, 5.41) is 18.6. The van der Waals surface area contributed by atoms with Gasteiger partial charge in [-0.05, 0) is 30.5 Å². The molecule has 1 aromatic carbocycles. The summed E-state index contributed by atoms with van der Waals surface area (Å²) in [6.45, 7) is -0.0225. The Hall–Kier alpha value is -2.34. The molecular weight excluding hydrogens is 256 g/mol. The molecule has 0 saturated heterocycles. The molecule has 1 heterocycles. The predicted octanol–water partition coefficient (Wildman–Crippen LogP) is 1.61.